The van der Waals surface area contributed by atoms with E-state index in [2.05, 4.69) is 10.00 Å². The molecule has 6 heteroatoms. The topological polar surface area (TPSA) is 41.4 Å². The normalized spacial score (nSPS) is 16.4. The lowest BCUT2D eigenvalue weighted by molar-refractivity contribution is -0.136. The molecule has 0 spiro atoms. The van der Waals surface area contributed by atoms with E-state index in [-0.39, 0.29) is 17.8 Å². The van der Waals surface area contributed by atoms with E-state index in [1.807, 2.05) is 24.0 Å². The Kier molecular flexibility index (Phi) is 6.39. The van der Waals surface area contributed by atoms with Gasteiger partial charge in [0.2, 0.25) is 5.91 Å². The zero-order chi connectivity index (χ0) is 18.4. The van der Waals surface area contributed by atoms with Gasteiger partial charge in [0, 0.05) is 32.5 Å². The standard InChI is InChI=1S/C20H27FN4O/c1-23(12-6-16-25-15-5-11-22-25)20(26)19(24-13-3-2-4-14-24)17-7-9-18(21)10-8-17/h5,7-11,15,19H,2-4,6,12-14,16H2,1H3/t19-/m0/s1. The van der Waals surface area contributed by atoms with Gasteiger partial charge in [-0.3, -0.25) is 14.4 Å². The summed E-state index contributed by atoms with van der Waals surface area (Å²) in [5, 5.41) is 4.19. The summed E-state index contributed by atoms with van der Waals surface area (Å²) in [6.07, 6.45) is 7.95. The summed E-state index contributed by atoms with van der Waals surface area (Å²) in [6, 6.07) is 7.93. The number of amides is 1. The highest BCUT2D eigenvalue weighted by Gasteiger charge is 2.30. The van der Waals surface area contributed by atoms with Crippen molar-refractivity contribution >= 4 is 5.91 Å². The van der Waals surface area contributed by atoms with Gasteiger partial charge in [-0.2, -0.15) is 5.10 Å². The molecule has 26 heavy (non-hydrogen) atoms. The molecule has 5 nitrogen and oxygen atoms in total. The lowest BCUT2D eigenvalue weighted by atomic mass is 10.0. The average molecular weight is 358 g/mol. The second kappa shape index (κ2) is 8.94. The van der Waals surface area contributed by atoms with Crippen LogP contribution in [0, 0.1) is 5.82 Å². The fraction of sp³-hybridized carbons (Fsp3) is 0.500. The van der Waals surface area contributed by atoms with E-state index >= 15 is 0 Å². The lowest BCUT2D eigenvalue weighted by Gasteiger charge is -2.36. The van der Waals surface area contributed by atoms with Gasteiger partial charge in [0.1, 0.15) is 11.9 Å². The number of rotatable bonds is 7. The highest BCUT2D eigenvalue weighted by molar-refractivity contribution is 5.83. The third-order valence-electron chi connectivity index (χ3n) is 4.99. The second-order valence-corrected chi connectivity index (χ2v) is 6.93. The van der Waals surface area contributed by atoms with Gasteiger partial charge in [0.05, 0.1) is 0 Å². The quantitative estimate of drug-likeness (QED) is 0.764. The van der Waals surface area contributed by atoms with Gasteiger partial charge in [0.25, 0.3) is 0 Å². The third-order valence-corrected chi connectivity index (χ3v) is 4.99. The number of nitrogens with zero attached hydrogens (tertiary/aromatic N) is 4. The van der Waals surface area contributed by atoms with Crippen molar-refractivity contribution in [2.45, 2.75) is 38.3 Å². The molecule has 2 heterocycles. The number of aromatic nitrogens is 2. The van der Waals surface area contributed by atoms with Crippen molar-refractivity contribution in [3.05, 3.63) is 54.1 Å². The Morgan fingerprint density at radius 3 is 2.62 bits per heavy atom. The molecule has 1 saturated heterocycles. The van der Waals surface area contributed by atoms with Crippen LogP contribution in [-0.4, -0.2) is 52.2 Å². The van der Waals surface area contributed by atoms with Gasteiger partial charge in [-0.15, -0.1) is 0 Å². The number of benzene rings is 1. The van der Waals surface area contributed by atoms with Crippen LogP contribution in [0.4, 0.5) is 4.39 Å². The van der Waals surface area contributed by atoms with Crippen molar-refractivity contribution in [1.29, 1.82) is 0 Å². The number of piperidine rings is 1. The molecule has 1 atom stereocenters. The van der Waals surface area contributed by atoms with Crippen LogP contribution in [0.15, 0.2) is 42.7 Å². The third kappa shape index (κ3) is 4.69. The zero-order valence-electron chi connectivity index (χ0n) is 15.4. The van der Waals surface area contributed by atoms with Gasteiger partial charge >= 0.3 is 0 Å². The maximum absolute atomic E-state index is 13.3. The van der Waals surface area contributed by atoms with Crippen LogP contribution in [0.1, 0.15) is 37.3 Å². The fourth-order valence-corrected chi connectivity index (χ4v) is 3.55. The number of carbonyl (C=O) groups excluding carboxylic acids is 1. The number of halogens is 1. The highest BCUT2D eigenvalue weighted by atomic mass is 19.1. The van der Waals surface area contributed by atoms with E-state index in [1.165, 1.54) is 18.6 Å². The summed E-state index contributed by atoms with van der Waals surface area (Å²) in [5.41, 5.74) is 0.872. The van der Waals surface area contributed by atoms with Gasteiger partial charge in [-0.05, 0) is 56.1 Å². The van der Waals surface area contributed by atoms with Gasteiger partial charge in [0.15, 0.2) is 0 Å². The smallest absolute Gasteiger partial charge is 0.244 e. The number of likely N-dealkylation sites (N-methyl/N-ethyl adjacent to an activating group) is 1. The lowest BCUT2D eigenvalue weighted by Crippen LogP contribution is -2.44. The maximum atomic E-state index is 13.3. The molecule has 1 fully saturated rings. The van der Waals surface area contributed by atoms with E-state index in [0.29, 0.717) is 6.54 Å². The molecule has 1 aliphatic rings. The number of aryl methyl sites for hydroxylation is 1. The van der Waals surface area contributed by atoms with Gasteiger partial charge < -0.3 is 4.90 Å². The Labute approximate surface area is 154 Å². The monoisotopic (exact) mass is 358 g/mol. The SMILES string of the molecule is CN(CCCn1cccn1)C(=O)[C@H](c1ccc(F)cc1)N1CCCCC1. The highest BCUT2D eigenvalue weighted by Crippen LogP contribution is 2.26. The largest absolute Gasteiger partial charge is 0.344 e. The van der Waals surface area contributed by atoms with Crippen LogP contribution in [0.25, 0.3) is 0 Å². The van der Waals surface area contributed by atoms with E-state index < -0.39 is 0 Å². The minimum atomic E-state index is -0.328. The molecule has 2 aromatic rings. The number of likely N-dealkylation sites (tertiary alicyclic amines) is 1. The zero-order valence-corrected chi connectivity index (χ0v) is 15.4. The van der Waals surface area contributed by atoms with Crippen molar-refractivity contribution in [2.75, 3.05) is 26.7 Å². The Morgan fingerprint density at radius 1 is 1.23 bits per heavy atom. The van der Waals surface area contributed by atoms with E-state index in [0.717, 1.165) is 44.5 Å². The molecule has 0 bridgehead atoms. The molecule has 1 aromatic carbocycles. The minimum absolute atomic E-state index is 0.0824. The fourth-order valence-electron chi connectivity index (χ4n) is 3.55. The molecule has 0 saturated carbocycles. The van der Waals surface area contributed by atoms with E-state index in [1.54, 1.807) is 23.2 Å². The summed E-state index contributed by atoms with van der Waals surface area (Å²) < 4.78 is 15.2. The summed E-state index contributed by atoms with van der Waals surface area (Å²) in [7, 11) is 1.85. The molecule has 140 valence electrons. The molecule has 0 radical (unpaired) electrons. The Hall–Kier alpha value is -2.21. The van der Waals surface area contributed by atoms with Crippen molar-refractivity contribution in [1.82, 2.24) is 19.6 Å². The van der Waals surface area contributed by atoms with Crippen molar-refractivity contribution in [3.63, 3.8) is 0 Å². The number of carbonyl (C=O) groups is 1. The first-order chi connectivity index (χ1) is 12.6. The average Bonchev–Trinajstić information content (AvgIpc) is 3.18. The summed E-state index contributed by atoms with van der Waals surface area (Å²) in [6.45, 7) is 3.28. The summed E-state index contributed by atoms with van der Waals surface area (Å²) >= 11 is 0. The first-order valence-electron chi connectivity index (χ1n) is 9.37. The Morgan fingerprint density at radius 2 is 1.96 bits per heavy atom. The molecule has 1 aromatic heterocycles. The van der Waals surface area contributed by atoms with Crippen LogP contribution in [0.5, 0.6) is 0 Å². The van der Waals surface area contributed by atoms with Gasteiger partial charge in [-0.25, -0.2) is 4.39 Å². The predicted octanol–water partition coefficient (Wildman–Crippen LogP) is 3.10. The second-order valence-electron chi connectivity index (χ2n) is 6.93. The first kappa shape index (κ1) is 18.6. The molecule has 0 N–H and O–H groups in total. The molecule has 1 amide bonds. The van der Waals surface area contributed by atoms with Crippen molar-refractivity contribution in [3.8, 4) is 0 Å². The summed E-state index contributed by atoms with van der Waals surface area (Å²) in [5.74, 6) is -0.190. The van der Waals surface area contributed by atoms with Crippen molar-refractivity contribution < 1.29 is 9.18 Å². The molecule has 0 aliphatic carbocycles. The maximum Gasteiger partial charge on any atom is 0.244 e. The molecular weight excluding hydrogens is 331 g/mol. The van der Waals surface area contributed by atoms with Crippen LogP contribution < -0.4 is 0 Å². The van der Waals surface area contributed by atoms with Crippen LogP contribution >= 0.6 is 0 Å². The number of hydrogen-bond donors (Lipinski definition) is 0. The molecule has 1 aliphatic heterocycles. The molecule has 3 rings (SSSR count). The van der Waals surface area contributed by atoms with Gasteiger partial charge in [-0.1, -0.05) is 18.6 Å². The van der Waals surface area contributed by atoms with Crippen LogP contribution in [0.3, 0.4) is 0 Å². The van der Waals surface area contributed by atoms with Crippen LogP contribution in [0.2, 0.25) is 0 Å². The van der Waals surface area contributed by atoms with Crippen LogP contribution in [-0.2, 0) is 11.3 Å². The van der Waals surface area contributed by atoms with E-state index in [9.17, 15) is 9.18 Å². The van der Waals surface area contributed by atoms with E-state index in [4.69, 9.17) is 0 Å². The minimum Gasteiger partial charge on any atom is -0.344 e. The molecular formula is C20H27FN4O. The number of hydrogen-bond acceptors (Lipinski definition) is 3. The molecule has 0 unspecified atom stereocenters. The first-order valence-corrected chi connectivity index (χ1v) is 9.37. The van der Waals surface area contributed by atoms with Crippen molar-refractivity contribution in [2.24, 2.45) is 0 Å². The summed E-state index contributed by atoms with van der Waals surface area (Å²) in [4.78, 5) is 17.2. The Bertz CT molecular complexity index is 680. The Balaban J connectivity index is 1.67. The predicted molar refractivity (Wildman–Crippen MR) is 99.0 cm³/mol.